The number of hydrazine groups is 1. The molecule has 1 amide bonds. The second-order valence-corrected chi connectivity index (χ2v) is 10.3. The summed E-state index contributed by atoms with van der Waals surface area (Å²) >= 11 is 0. The third kappa shape index (κ3) is 5.03. The van der Waals surface area contributed by atoms with Crippen molar-refractivity contribution in [2.75, 3.05) is 24.4 Å². The Kier molecular flexibility index (Phi) is 7.38. The Balaban J connectivity index is 1.63. The van der Waals surface area contributed by atoms with E-state index in [-0.39, 0.29) is 16.8 Å². The van der Waals surface area contributed by atoms with Crippen LogP contribution in [0.5, 0.6) is 0 Å². The molecular formula is C32H30FN5O4. The van der Waals surface area contributed by atoms with Gasteiger partial charge in [0.05, 0.1) is 11.2 Å². The van der Waals surface area contributed by atoms with E-state index in [1.807, 2.05) is 75.3 Å². The molecule has 0 unspecified atom stereocenters. The topological polar surface area (TPSA) is 107 Å². The Hall–Kier alpha value is -5.25. The van der Waals surface area contributed by atoms with Crippen LogP contribution in [-0.4, -0.2) is 46.5 Å². The second-order valence-electron chi connectivity index (χ2n) is 10.3. The molecule has 0 saturated heterocycles. The maximum atomic E-state index is 15.5. The van der Waals surface area contributed by atoms with Gasteiger partial charge in [-0.2, -0.15) is 5.01 Å². The van der Waals surface area contributed by atoms with Crippen molar-refractivity contribution in [1.82, 2.24) is 9.58 Å². The molecule has 214 valence electrons. The maximum Gasteiger partial charge on any atom is 0.341 e. The van der Waals surface area contributed by atoms with Crippen molar-refractivity contribution in [2.24, 2.45) is 4.99 Å². The third-order valence-electron chi connectivity index (χ3n) is 7.25. The van der Waals surface area contributed by atoms with Gasteiger partial charge in [0.2, 0.25) is 5.43 Å². The summed E-state index contributed by atoms with van der Waals surface area (Å²) in [7, 11) is 3.88. The number of anilines is 2. The molecule has 0 saturated carbocycles. The molecule has 0 radical (unpaired) electrons. The number of nitrogens with one attached hydrogen (secondary N) is 1. The largest absolute Gasteiger partial charge is 0.477 e. The van der Waals surface area contributed by atoms with Gasteiger partial charge in [-0.1, -0.05) is 30.3 Å². The van der Waals surface area contributed by atoms with Crippen molar-refractivity contribution in [1.29, 1.82) is 0 Å². The van der Waals surface area contributed by atoms with Gasteiger partial charge in [0.1, 0.15) is 17.1 Å². The number of rotatable bonds is 7. The number of hydrogen-bond donors (Lipinski definition) is 2. The Bertz CT molecular complexity index is 1850. The minimum absolute atomic E-state index is 0.0713. The van der Waals surface area contributed by atoms with Crippen LogP contribution in [0.1, 0.15) is 39.5 Å². The molecule has 4 aromatic rings. The fourth-order valence-corrected chi connectivity index (χ4v) is 5.01. The van der Waals surface area contributed by atoms with Crippen LogP contribution in [0, 0.1) is 19.7 Å². The first-order valence-corrected chi connectivity index (χ1v) is 13.4. The second kappa shape index (κ2) is 11.0. The van der Waals surface area contributed by atoms with Gasteiger partial charge >= 0.3 is 5.97 Å². The van der Waals surface area contributed by atoms with E-state index in [0.29, 0.717) is 17.9 Å². The van der Waals surface area contributed by atoms with Gasteiger partial charge < -0.3 is 14.6 Å². The molecule has 3 aromatic carbocycles. The molecule has 1 aliphatic heterocycles. The highest BCUT2D eigenvalue weighted by molar-refractivity contribution is 6.21. The van der Waals surface area contributed by atoms with E-state index in [9.17, 15) is 19.5 Å². The Labute approximate surface area is 241 Å². The van der Waals surface area contributed by atoms with Gasteiger partial charge in [0, 0.05) is 43.5 Å². The van der Waals surface area contributed by atoms with Crippen LogP contribution in [0.2, 0.25) is 0 Å². The average molecular weight is 568 g/mol. The third-order valence-corrected chi connectivity index (χ3v) is 7.25. The molecule has 5 rings (SSSR count). The van der Waals surface area contributed by atoms with Gasteiger partial charge in [0.15, 0.2) is 5.84 Å². The highest BCUT2D eigenvalue weighted by atomic mass is 19.1. The molecule has 42 heavy (non-hydrogen) atoms. The van der Waals surface area contributed by atoms with Crippen LogP contribution in [0.25, 0.3) is 17.0 Å². The van der Waals surface area contributed by atoms with E-state index in [2.05, 4.69) is 5.43 Å². The summed E-state index contributed by atoms with van der Waals surface area (Å²) in [5, 5.41) is 10.6. The van der Waals surface area contributed by atoms with Gasteiger partial charge in [-0.25, -0.2) is 14.2 Å². The first-order valence-electron chi connectivity index (χ1n) is 13.4. The number of nitrogens with zero attached hydrogens (tertiary/aromatic N) is 4. The summed E-state index contributed by atoms with van der Waals surface area (Å²) < 4.78 is 17.1. The van der Waals surface area contributed by atoms with E-state index >= 15 is 4.39 Å². The van der Waals surface area contributed by atoms with E-state index < -0.39 is 28.7 Å². The molecule has 0 spiro atoms. The lowest BCUT2D eigenvalue weighted by Crippen LogP contribution is -2.39. The minimum Gasteiger partial charge on any atom is -0.477 e. The molecule has 1 aromatic heterocycles. The summed E-state index contributed by atoms with van der Waals surface area (Å²) in [6, 6.07) is 15.8. The highest BCUT2D eigenvalue weighted by Gasteiger charge is 2.34. The number of aliphatic imine (C=N–C) groups is 1. The Morgan fingerprint density at radius 2 is 1.74 bits per heavy atom. The smallest absolute Gasteiger partial charge is 0.341 e. The number of amides is 1. The Morgan fingerprint density at radius 3 is 2.33 bits per heavy atom. The number of halogens is 1. The Morgan fingerprint density at radius 1 is 1.07 bits per heavy atom. The van der Waals surface area contributed by atoms with E-state index in [4.69, 9.17) is 4.99 Å². The zero-order valence-corrected chi connectivity index (χ0v) is 23.9. The van der Waals surface area contributed by atoms with Gasteiger partial charge in [-0.05, 0) is 67.8 Å². The van der Waals surface area contributed by atoms with Crippen LogP contribution in [0.3, 0.4) is 0 Å². The number of aromatic nitrogens is 1. The van der Waals surface area contributed by atoms with Crippen LogP contribution in [0.15, 0.2) is 76.3 Å². The van der Waals surface area contributed by atoms with Crippen molar-refractivity contribution in [2.45, 2.75) is 27.3 Å². The number of benzene rings is 3. The summed E-state index contributed by atoms with van der Waals surface area (Å²) in [6.07, 6.45) is 2.91. The van der Waals surface area contributed by atoms with Gasteiger partial charge in [-0.15, -0.1) is 0 Å². The predicted molar refractivity (Wildman–Crippen MR) is 162 cm³/mol. The molecule has 0 fully saturated rings. The SMILES string of the molecule is CCn1cc(C(=O)O)c(=O)c2cc(F)c(NN3C(=O)C(=Cc4ccc(N(C)C)cc4)N=C3c3c(C)cccc3C)cc21. The van der Waals surface area contributed by atoms with E-state index in [0.717, 1.165) is 34.0 Å². The quantitative estimate of drug-likeness (QED) is 0.298. The average Bonchev–Trinajstić information content (AvgIpc) is 3.23. The van der Waals surface area contributed by atoms with Crippen LogP contribution < -0.4 is 15.8 Å². The molecule has 2 N–H and O–H groups in total. The lowest BCUT2D eigenvalue weighted by molar-refractivity contribution is -0.121. The van der Waals surface area contributed by atoms with Crippen LogP contribution in [-0.2, 0) is 11.3 Å². The minimum atomic E-state index is -1.39. The van der Waals surface area contributed by atoms with Crippen molar-refractivity contribution in [3.8, 4) is 0 Å². The predicted octanol–water partition coefficient (Wildman–Crippen LogP) is 5.20. The van der Waals surface area contributed by atoms with Crippen LogP contribution in [0.4, 0.5) is 15.8 Å². The zero-order valence-electron chi connectivity index (χ0n) is 23.9. The first kappa shape index (κ1) is 28.3. The standard InChI is InChI=1S/C32H30FN5O4/c1-6-37-17-23(32(41)42)29(39)22-15-24(33)25(16-27(22)37)35-38-30(28-18(2)8-7-9-19(28)3)34-26(31(38)40)14-20-10-12-21(13-11-20)36(4)5/h7-17,35H,6H2,1-5H3,(H,41,42). The number of aromatic carboxylic acids is 1. The van der Waals surface area contributed by atoms with Gasteiger partial charge in [-0.3, -0.25) is 15.0 Å². The highest BCUT2D eigenvalue weighted by Crippen LogP contribution is 2.29. The van der Waals surface area contributed by atoms with E-state index in [1.54, 1.807) is 17.6 Å². The summed E-state index contributed by atoms with van der Waals surface area (Å²) in [6.45, 7) is 5.93. The molecule has 9 nitrogen and oxygen atoms in total. The molecule has 10 heteroatoms. The summed E-state index contributed by atoms with van der Waals surface area (Å²) in [5.41, 5.74) is 6.34. The van der Waals surface area contributed by atoms with E-state index in [1.165, 1.54) is 17.3 Å². The lowest BCUT2D eigenvalue weighted by Gasteiger charge is -2.23. The summed E-state index contributed by atoms with van der Waals surface area (Å²) in [5.74, 6) is -2.40. The van der Waals surface area contributed by atoms with Crippen molar-refractivity contribution >= 4 is 46.1 Å². The molecule has 2 heterocycles. The molecular weight excluding hydrogens is 537 g/mol. The molecule has 0 aliphatic carbocycles. The fourth-order valence-electron chi connectivity index (χ4n) is 5.01. The number of pyridine rings is 1. The normalized spacial score (nSPS) is 14.0. The monoisotopic (exact) mass is 567 g/mol. The fraction of sp³-hybridized carbons (Fsp3) is 0.188. The number of carbonyl (C=O) groups is 2. The first-order chi connectivity index (χ1) is 20.0. The number of carbonyl (C=O) groups excluding carboxylic acids is 1. The number of aryl methyl sites for hydroxylation is 3. The number of amidine groups is 1. The maximum absolute atomic E-state index is 15.5. The molecule has 0 atom stereocenters. The summed E-state index contributed by atoms with van der Waals surface area (Å²) in [4.78, 5) is 44.9. The van der Waals surface area contributed by atoms with Crippen LogP contribution >= 0.6 is 0 Å². The van der Waals surface area contributed by atoms with Crippen molar-refractivity contribution in [3.63, 3.8) is 0 Å². The molecule has 1 aliphatic rings. The number of fused-ring (bicyclic) bond motifs is 1. The zero-order chi connectivity index (χ0) is 30.3. The van der Waals surface area contributed by atoms with Gasteiger partial charge in [0.25, 0.3) is 5.91 Å². The lowest BCUT2D eigenvalue weighted by atomic mass is 10.0. The number of carboxylic acid groups (broad SMARTS) is 1. The number of hydrogen-bond acceptors (Lipinski definition) is 6. The van der Waals surface area contributed by atoms with Crippen molar-refractivity contribution < 1.29 is 19.1 Å². The molecule has 0 bridgehead atoms. The van der Waals surface area contributed by atoms with Crippen molar-refractivity contribution in [3.05, 3.63) is 110 Å². The number of carboxylic acids is 1.